The maximum Gasteiger partial charge on any atom is 0.271 e. The van der Waals surface area contributed by atoms with Crippen molar-refractivity contribution in [2.75, 3.05) is 20.8 Å². The molecule has 1 N–H and O–H groups in total. The number of carbonyl (C=O) groups excluding carboxylic acids is 2. The van der Waals surface area contributed by atoms with Gasteiger partial charge in [0.2, 0.25) is 5.88 Å². The second kappa shape index (κ2) is 13.5. The average molecular weight is 604 g/mol. The number of pyridine rings is 1. The number of thioether (sulfide) groups is 1. The van der Waals surface area contributed by atoms with Crippen molar-refractivity contribution in [3.05, 3.63) is 91.6 Å². The second-order valence-electron chi connectivity index (χ2n) is 9.50. The molecule has 1 fully saturated rings. The lowest BCUT2D eigenvalue weighted by Crippen LogP contribution is -2.30. The van der Waals surface area contributed by atoms with E-state index in [1.54, 1.807) is 44.6 Å². The number of aromatic hydroxyl groups is 1. The van der Waals surface area contributed by atoms with Gasteiger partial charge < -0.3 is 14.6 Å². The third-order valence-electron chi connectivity index (χ3n) is 6.93. The number of ether oxygens (including phenoxy) is 2. The minimum Gasteiger partial charge on any atom is -0.497 e. The molecule has 1 amide bonds. The predicted octanol–water partition coefficient (Wildman–Crippen LogP) is 4.86. The summed E-state index contributed by atoms with van der Waals surface area (Å²) in [4.78, 5) is 41.2. The molecule has 9 nitrogen and oxygen atoms in total. The highest BCUT2D eigenvalue weighted by Gasteiger charge is 2.32. The Bertz CT molecular complexity index is 1650. The molecular weight excluding hydrogens is 574 g/mol. The third kappa shape index (κ3) is 6.56. The number of benzene rings is 2. The van der Waals surface area contributed by atoms with Crippen LogP contribution in [0.25, 0.3) is 6.08 Å². The van der Waals surface area contributed by atoms with E-state index < -0.39 is 17.2 Å². The van der Waals surface area contributed by atoms with Gasteiger partial charge in [-0.05, 0) is 66.8 Å². The van der Waals surface area contributed by atoms with Gasteiger partial charge in [0, 0.05) is 19.5 Å². The van der Waals surface area contributed by atoms with Crippen molar-refractivity contribution in [3.63, 3.8) is 0 Å². The highest BCUT2D eigenvalue weighted by molar-refractivity contribution is 8.26. The largest absolute Gasteiger partial charge is 0.497 e. The maximum absolute atomic E-state index is 13.3. The van der Waals surface area contributed by atoms with Crippen LogP contribution in [0.1, 0.15) is 45.5 Å². The molecular formula is C31H29N3O6S2. The van der Waals surface area contributed by atoms with Crippen LogP contribution in [0.5, 0.6) is 17.4 Å². The summed E-state index contributed by atoms with van der Waals surface area (Å²) in [6.45, 7) is 1.76. The molecule has 0 saturated carbocycles. The summed E-state index contributed by atoms with van der Waals surface area (Å²) < 4.78 is 11.8. The SMILES string of the molecule is COc1ccc(/C=C2\SC(=S)N(CCCC(=O)c3c(C)c(C#N)c(=O)n(CCc4ccc(OC)cc4)c3O)C2=O)cc1. The number of Topliss-reactive ketones (excluding diaryl/α,β-unsaturated/α-hetero) is 1. The number of aryl methyl sites for hydroxylation is 1. The summed E-state index contributed by atoms with van der Waals surface area (Å²) >= 11 is 6.61. The molecule has 1 aliphatic rings. The van der Waals surface area contributed by atoms with E-state index in [4.69, 9.17) is 21.7 Å². The smallest absolute Gasteiger partial charge is 0.271 e. The van der Waals surface area contributed by atoms with Gasteiger partial charge in [-0.2, -0.15) is 5.26 Å². The Kier molecular flexibility index (Phi) is 9.83. The second-order valence-corrected chi connectivity index (χ2v) is 11.2. The van der Waals surface area contributed by atoms with Crippen LogP contribution in [0.4, 0.5) is 0 Å². The van der Waals surface area contributed by atoms with E-state index in [0.29, 0.717) is 27.1 Å². The average Bonchev–Trinajstić information content (AvgIpc) is 3.25. The fourth-order valence-corrected chi connectivity index (χ4v) is 5.90. The number of aromatic nitrogens is 1. The number of methoxy groups -OCH3 is 2. The molecule has 0 bridgehead atoms. The summed E-state index contributed by atoms with van der Waals surface area (Å²) in [7, 11) is 3.14. The van der Waals surface area contributed by atoms with Crippen molar-refractivity contribution >= 4 is 46.1 Å². The Morgan fingerprint density at radius 1 is 1.05 bits per heavy atom. The minimum atomic E-state index is -0.654. The van der Waals surface area contributed by atoms with Gasteiger partial charge >= 0.3 is 0 Å². The summed E-state index contributed by atoms with van der Waals surface area (Å²) in [5.41, 5.74) is 0.945. The molecule has 42 heavy (non-hydrogen) atoms. The lowest BCUT2D eigenvalue weighted by atomic mass is 9.99. The molecule has 1 aliphatic heterocycles. The predicted molar refractivity (Wildman–Crippen MR) is 165 cm³/mol. The minimum absolute atomic E-state index is 0.0233. The number of thiocarbonyl (C=S) groups is 1. The molecule has 0 unspecified atom stereocenters. The van der Waals surface area contributed by atoms with Gasteiger partial charge in [0.1, 0.15) is 27.5 Å². The molecule has 0 atom stereocenters. The monoisotopic (exact) mass is 603 g/mol. The van der Waals surface area contributed by atoms with E-state index in [1.165, 1.54) is 23.6 Å². The van der Waals surface area contributed by atoms with Gasteiger partial charge in [0.25, 0.3) is 11.5 Å². The van der Waals surface area contributed by atoms with Crippen molar-refractivity contribution in [3.8, 4) is 23.4 Å². The van der Waals surface area contributed by atoms with Crippen LogP contribution in [0, 0.1) is 18.3 Å². The van der Waals surface area contributed by atoms with Crippen LogP contribution in [-0.2, 0) is 17.8 Å². The van der Waals surface area contributed by atoms with Crippen molar-refractivity contribution < 1.29 is 24.2 Å². The van der Waals surface area contributed by atoms with Crippen molar-refractivity contribution in [1.29, 1.82) is 5.26 Å². The zero-order valence-electron chi connectivity index (χ0n) is 23.4. The molecule has 0 spiro atoms. The molecule has 1 aromatic heterocycles. The summed E-state index contributed by atoms with van der Waals surface area (Å²) in [6.07, 6.45) is 2.39. The maximum atomic E-state index is 13.3. The molecule has 4 rings (SSSR count). The summed E-state index contributed by atoms with van der Waals surface area (Å²) in [5, 5.41) is 20.7. The van der Waals surface area contributed by atoms with Gasteiger partial charge in [-0.3, -0.25) is 23.9 Å². The third-order valence-corrected chi connectivity index (χ3v) is 8.31. The van der Waals surface area contributed by atoms with Crippen LogP contribution in [-0.4, -0.2) is 51.3 Å². The molecule has 0 radical (unpaired) electrons. The van der Waals surface area contributed by atoms with Gasteiger partial charge in [0.05, 0.1) is 24.7 Å². The van der Waals surface area contributed by atoms with Crippen LogP contribution < -0.4 is 15.0 Å². The Hall–Kier alpha value is -4.40. The fraction of sp³-hybridized carbons (Fsp3) is 0.258. The summed E-state index contributed by atoms with van der Waals surface area (Å²) in [6, 6.07) is 16.4. The van der Waals surface area contributed by atoms with E-state index in [9.17, 15) is 24.8 Å². The van der Waals surface area contributed by atoms with Crippen molar-refractivity contribution in [1.82, 2.24) is 9.47 Å². The molecule has 11 heteroatoms. The Balaban J connectivity index is 1.46. The van der Waals surface area contributed by atoms with Gasteiger partial charge in [-0.1, -0.05) is 48.2 Å². The lowest BCUT2D eigenvalue weighted by molar-refractivity contribution is -0.122. The zero-order chi connectivity index (χ0) is 30.4. The van der Waals surface area contributed by atoms with Crippen LogP contribution >= 0.6 is 24.0 Å². The lowest BCUT2D eigenvalue weighted by Gasteiger charge is -2.17. The quantitative estimate of drug-likeness (QED) is 0.186. The molecule has 1 saturated heterocycles. The number of hydrogen-bond donors (Lipinski definition) is 1. The summed E-state index contributed by atoms with van der Waals surface area (Å²) in [5.74, 6) is 0.251. The number of nitrogens with zero attached hydrogens (tertiary/aromatic N) is 3. The first kappa shape index (κ1) is 30.6. The number of nitriles is 1. The number of amides is 1. The molecule has 2 heterocycles. The number of rotatable bonds is 11. The Morgan fingerprint density at radius 2 is 1.67 bits per heavy atom. The topological polar surface area (TPSA) is 122 Å². The van der Waals surface area contributed by atoms with Gasteiger partial charge in [0.15, 0.2) is 5.78 Å². The van der Waals surface area contributed by atoms with Crippen LogP contribution in [0.3, 0.4) is 0 Å². The first-order valence-corrected chi connectivity index (χ1v) is 14.3. The molecule has 3 aromatic rings. The standard InChI is InChI=1S/C31H29N3O6S2/c1-19-24(18-32)28(36)33(16-14-20-6-10-22(39-2)11-7-20)30(38)27(19)25(35)5-4-15-34-29(37)26(42-31(34)41)17-21-8-12-23(40-3)13-9-21/h6-13,17,38H,4-5,14-16H2,1-3H3/b26-17-. The van der Waals surface area contributed by atoms with Gasteiger partial charge in [-0.15, -0.1) is 0 Å². The zero-order valence-corrected chi connectivity index (χ0v) is 25.0. The van der Waals surface area contributed by atoms with Gasteiger partial charge in [-0.25, -0.2) is 0 Å². The molecule has 2 aromatic carbocycles. The van der Waals surface area contributed by atoms with E-state index in [0.717, 1.165) is 15.7 Å². The van der Waals surface area contributed by atoms with Crippen molar-refractivity contribution in [2.24, 2.45) is 0 Å². The van der Waals surface area contributed by atoms with Crippen LogP contribution in [0.15, 0.2) is 58.2 Å². The Labute approximate surface area is 253 Å². The highest BCUT2D eigenvalue weighted by atomic mass is 32.2. The number of carbonyl (C=O) groups is 2. The first-order valence-electron chi connectivity index (χ1n) is 13.1. The highest BCUT2D eigenvalue weighted by Crippen LogP contribution is 2.33. The normalized spacial score (nSPS) is 13.9. The molecule has 0 aliphatic carbocycles. The van der Waals surface area contributed by atoms with E-state index in [1.807, 2.05) is 30.3 Å². The number of ketones is 1. The molecule has 216 valence electrons. The van der Waals surface area contributed by atoms with E-state index >= 15 is 0 Å². The Morgan fingerprint density at radius 3 is 2.26 bits per heavy atom. The fourth-order valence-electron chi connectivity index (χ4n) is 4.59. The van der Waals surface area contributed by atoms with Crippen molar-refractivity contribution in [2.45, 2.75) is 32.7 Å². The van der Waals surface area contributed by atoms with Crippen LogP contribution in [0.2, 0.25) is 0 Å². The van der Waals surface area contributed by atoms with E-state index in [2.05, 4.69) is 0 Å². The number of hydrogen-bond acceptors (Lipinski definition) is 9. The first-order chi connectivity index (χ1) is 20.2. The van der Waals surface area contributed by atoms with E-state index in [-0.39, 0.29) is 48.5 Å².